The van der Waals surface area contributed by atoms with E-state index < -0.39 is 17.9 Å². The molecule has 3 aliphatic rings. The molecule has 30 heavy (non-hydrogen) atoms. The molecule has 0 bridgehead atoms. The molecule has 0 spiro atoms. The van der Waals surface area contributed by atoms with Gasteiger partial charge in [-0.1, -0.05) is 0 Å². The van der Waals surface area contributed by atoms with Crippen molar-refractivity contribution >= 4 is 29.5 Å². The van der Waals surface area contributed by atoms with E-state index in [-0.39, 0.29) is 23.6 Å². The van der Waals surface area contributed by atoms with Crippen LogP contribution in [0, 0.1) is 0 Å². The number of aliphatic hydroxyl groups excluding tert-OH is 1. The summed E-state index contributed by atoms with van der Waals surface area (Å²) in [5.41, 5.74) is 7.69. The molecule has 0 unspecified atom stereocenters. The number of thioether (sulfide) groups is 1. The summed E-state index contributed by atoms with van der Waals surface area (Å²) in [5.74, 6) is -1.32. The number of nitrogens with two attached hydrogens (primary N) is 1. The monoisotopic (exact) mass is 431 g/mol. The number of allylic oxidation sites excluding steroid dienone is 1. The number of amides is 2. The summed E-state index contributed by atoms with van der Waals surface area (Å²) >= 11 is 1.42. The Morgan fingerprint density at radius 1 is 1.33 bits per heavy atom. The van der Waals surface area contributed by atoms with Gasteiger partial charge in [0.05, 0.1) is 0 Å². The Balaban J connectivity index is 1.51. The normalized spacial score (nSPS) is 25.1. The number of hydrogen-bond donors (Lipinski definition) is 3. The number of hydrogen-bond acceptors (Lipinski definition) is 6. The first-order valence-corrected chi connectivity index (χ1v) is 10.7. The molecule has 9 nitrogen and oxygen atoms in total. The van der Waals surface area contributed by atoms with Crippen LogP contribution in [-0.4, -0.2) is 68.1 Å². The molecule has 0 aromatic carbocycles. The number of β-lactam (4-membered cyclic amide) rings is 1. The Kier molecular flexibility index (Phi) is 5.63. The van der Waals surface area contributed by atoms with Gasteiger partial charge in [0.15, 0.2) is 18.9 Å². The van der Waals surface area contributed by atoms with Crippen LogP contribution >= 0.6 is 11.8 Å². The predicted octanol–water partition coefficient (Wildman–Crippen LogP) is -0.794. The number of rotatable bonds is 6. The third-order valence-electron chi connectivity index (χ3n) is 5.49. The fourth-order valence-electron chi connectivity index (χ4n) is 3.89. The molecule has 10 heteroatoms. The minimum atomic E-state index is -1.19. The van der Waals surface area contributed by atoms with Gasteiger partial charge in [-0.3, -0.25) is 14.5 Å². The summed E-state index contributed by atoms with van der Waals surface area (Å²) in [6, 6.07) is 3.14. The molecule has 3 aliphatic heterocycles. The summed E-state index contributed by atoms with van der Waals surface area (Å²) in [4.78, 5) is 39.7. The second-order valence-corrected chi connectivity index (χ2v) is 8.53. The molecular formula is C20H23N4O5S+. The molecule has 2 fully saturated rings. The number of likely N-dealkylation sites (tertiary alicyclic amines) is 1. The molecule has 158 valence electrons. The van der Waals surface area contributed by atoms with E-state index in [0.717, 1.165) is 5.56 Å². The van der Waals surface area contributed by atoms with E-state index >= 15 is 0 Å². The van der Waals surface area contributed by atoms with Crippen LogP contribution in [0.25, 0.3) is 0 Å². The lowest BCUT2D eigenvalue weighted by Crippen LogP contribution is -2.68. The molecule has 2 atom stereocenters. The summed E-state index contributed by atoms with van der Waals surface area (Å²) in [5, 5.41) is 18.3. The minimum absolute atomic E-state index is 0.0605. The number of nitrogens with zero attached hydrogens (tertiary/aromatic N) is 3. The zero-order valence-corrected chi connectivity index (χ0v) is 17.0. The maximum Gasteiger partial charge on any atom is 0.352 e. The van der Waals surface area contributed by atoms with Crippen molar-refractivity contribution in [2.45, 2.75) is 30.9 Å². The highest BCUT2D eigenvalue weighted by Crippen LogP contribution is 2.40. The molecule has 1 aromatic heterocycles. The van der Waals surface area contributed by atoms with E-state index in [9.17, 15) is 19.5 Å². The average Bonchev–Trinajstić information content (AvgIpc) is 3.07. The lowest BCUT2D eigenvalue weighted by molar-refractivity contribution is -0.698. The van der Waals surface area contributed by atoms with Gasteiger partial charge in [-0.2, -0.15) is 0 Å². The first kappa shape index (κ1) is 20.6. The zero-order chi connectivity index (χ0) is 21.4. The minimum Gasteiger partial charge on any atom is -0.477 e. The second-order valence-electron chi connectivity index (χ2n) is 7.43. The Morgan fingerprint density at radius 2 is 2.07 bits per heavy atom. The fraction of sp³-hybridized carbons (Fsp3) is 0.400. The molecule has 0 aliphatic carbocycles. The maximum atomic E-state index is 12.8. The first-order valence-electron chi connectivity index (χ1n) is 9.66. The summed E-state index contributed by atoms with van der Waals surface area (Å²) in [6.07, 6.45) is 5.87. The topological polar surface area (TPSA) is 128 Å². The van der Waals surface area contributed by atoms with E-state index in [1.807, 2.05) is 29.1 Å². The molecule has 2 amide bonds. The average molecular weight is 431 g/mol. The van der Waals surface area contributed by atoms with Crippen molar-refractivity contribution in [3.63, 3.8) is 0 Å². The number of aromatic nitrogens is 1. The molecule has 4 N–H and O–H groups in total. The van der Waals surface area contributed by atoms with Crippen LogP contribution in [0.1, 0.15) is 12.0 Å². The van der Waals surface area contributed by atoms with Crippen molar-refractivity contribution in [3.05, 3.63) is 53.0 Å². The Labute approximate surface area is 177 Å². The second kappa shape index (κ2) is 8.21. The van der Waals surface area contributed by atoms with Crippen molar-refractivity contribution in [1.82, 2.24) is 9.80 Å². The van der Waals surface area contributed by atoms with E-state index in [2.05, 4.69) is 0 Å². The Hall–Kier alpha value is -2.69. The molecule has 2 saturated heterocycles. The van der Waals surface area contributed by atoms with E-state index in [1.54, 1.807) is 11.0 Å². The van der Waals surface area contributed by atoms with Gasteiger partial charge in [-0.25, -0.2) is 9.36 Å². The number of aliphatic carboxylic acids is 1. The quantitative estimate of drug-likeness (QED) is 0.306. The van der Waals surface area contributed by atoms with Gasteiger partial charge < -0.3 is 20.8 Å². The van der Waals surface area contributed by atoms with E-state index in [4.69, 9.17) is 10.8 Å². The van der Waals surface area contributed by atoms with Gasteiger partial charge in [0, 0.05) is 36.5 Å². The van der Waals surface area contributed by atoms with Gasteiger partial charge in [-0.05, 0) is 23.6 Å². The van der Waals surface area contributed by atoms with E-state index in [0.29, 0.717) is 43.0 Å². The molecule has 4 heterocycles. The molecule has 0 saturated carbocycles. The predicted molar refractivity (Wildman–Crippen MR) is 108 cm³/mol. The molecule has 1 aromatic rings. The number of fused-ring (bicyclic) bond motifs is 1. The summed E-state index contributed by atoms with van der Waals surface area (Å²) in [6.45, 7) is 1.58. The molecular weight excluding hydrogens is 408 g/mol. The molecule has 4 rings (SSSR count). The number of carbonyl (C=O) groups excluding carboxylic acids is 2. The van der Waals surface area contributed by atoms with Crippen molar-refractivity contribution in [2.75, 3.05) is 18.9 Å². The number of carboxylic acids is 1. The lowest BCUT2D eigenvalue weighted by atomic mass is 10.0. The maximum absolute atomic E-state index is 12.8. The highest BCUT2D eigenvalue weighted by Gasteiger charge is 2.51. The number of pyridine rings is 1. The van der Waals surface area contributed by atoms with E-state index in [1.165, 1.54) is 16.7 Å². The van der Waals surface area contributed by atoms with Crippen molar-refractivity contribution in [3.8, 4) is 0 Å². The fourth-order valence-corrected chi connectivity index (χ4v) is 5.14. The third kappa shape index (κ3) is 3.62. The van der Waals surface area contributed by atoms with Crippen molar-refractivity contribution < 1.29 is 29.2 Å². The highest BCUT2D eigenvalue weighted by atomic mass is 32.2. The van der Waals surface area contributed by atoms with Crippen LogP contribution in [-0.2, 0) is 27.5 Å². The van der Waals surface area contributed by atoms with Crippen LogP contribution in [0.2, 0.25) is 0 Å². The molecule has 0 radical (unpaired) electrons. The first-order chi connectivity index (χ1) is 14.4. The van der Waals surface area contributed by atoms with Crippen LogP contribution in [0.15, 0.2) is 47.4 Å². The zero-order valence-electron chi connectivity index (χ0n) is 16.2. The number of carbonyl (C=O) groups is 3. The van der Waals surface area contributed by atoms with Gasteiger partial charge in [0.25, 0.3) is 0 Å². The SMILES string of the molecule is N[C@@H]1C(=O)N2C(C(=O)O)=C(/C=C3\CCN(Cc4cc[n+](CCO)cc4)C3=O)CS[C@H]12. The Bertz CT molecular complexity index is 958. The smallest absolute Gasteiger partial charge is 0.352 e. The number of carboxylic acid groups (broad SMARTS) is 1. The van der Waals surface area contributed by atoms with Crippen LogP contribution < -0.4 is 10.3 Å². The van der Waals surface area contributed by atoms with Gasteiger partial charge in [0.2, 0.25) is 11.8 Å². The standard InChI is InChI=1S/C20H22N4O5S/c21-15-18(27)24-16(20(28)29)14(11-30-19(15)24)9-13-3-6-23(17(13)26)10-12-1-4-22(5-2-12)7-8-25/h1-2,4-5,9,15,19,25H,3,6-8,10-11,21H2/p+1/b13-9+/t15-,19-/m1/s1. The van der Waals surface area contributed by atoms with Gasteiger partial charge in [0.1, 0.15) is 23.7 Å². The largest absolute Gasteiger partial charge is 0.477 e. The lowest BCUT2D eigenvalue weighted by Gasteiger charge is -2.47. The summed E-state index contributed by atoms with van der Waals surface area (Å²) in [7, 11) is 0. The third-order valence-corrected chi connectivity index (χ3v) is 6.82. The van der Waals surface area contributed by atoms with Crippen molar-refractivity contribution in [2.24, 2.45) is 5.73 Å². The highest BCUT2D eigenvalue weighted by molar-refractivity contribution is 8.00. The Morgan fingerprint density at radius 3 is 2.73 bits per heavy atom. The van der Waals surface area contributed by atoms with Gasteiger partial charge >= 0.3 is 5.97 Å². The van der Waals surface area contributed by atoms with Crippen LogP contribution in [0.3, 0.4) is 0 Å². The van der Waals surface area contributed by atoms with Crippen molar-refractivity contribution in [1.29, 1.82) is 0 Å². The number of aliphatic hydroxyl groups is 1. The van der Waals surface area contributed by atoms with Crippen LogP contribution in [0.5, 0.6) is 0 Å². The van der Waals surface area contributed by atoms with Crippen LogP contribution in [0.4, 0.5) is 0 Å². The van der Waals surface area contributed by atoms with Gasteiger partial charge in [-0.15, -0.1) is 11.8 Å². The summed E-state index contributed by atoms with van der Waals surface area (Å²) < 4.78 is 1.86.